The van der Waals surface area contributed by atoms with Crippen molar-refractivity contribution in [2.75, 3.05) is 32.0 Å². The molecule has 3 rings (SSSR count). The van der Waals surface area contributed by atoms with Crippen molar-refractivity contribution < 1.29 is 19.0 Å². The molecule has 1 aromatic heterocycles. The fourth-order valence-corrected chi connectivity index (χ4v) is 2.64. The second kappa shape index (κ2) is 9.41. The zero-order chi connectivity index (χ0) is 20.6. The molecule has 2 N–H and O–H groups in total. The maximum absolute atomic E-state index is 12.5. The summed E-state index contributed by atoms with van der Waals surface area (Å²) >= 11 is 0. The Hall–Kier alpha value is -3.81. The van der Waals surface area contributed by atoms with Gasteiger partial charge in [-0.25, -0.2) is 9.97 Å². The molecule has 8 heteroatoms. The third-order valence-electron chi connectivity index (χ3n) is 4.11. The molecule has 1 amide bonds. The molecule has 0 atom stereocenters. The molecule has 0 spiro atoms. The highest BCUT2D eigenvalue weighted by Crippen LogP contribution is 2.27. The summed E-state index contributed by atoms with van der Waals surface area (Å²) < 4.78 is 15.7. The summed E-state index contributed by atoms with van der Waals surface area (Å²) in [6.07, 6.45) is 1.53. The average molecular weight is 394 g/mol. The van der Waals surface area contributed by atoms with Gasteiger partial charge >= 0.3 is 0 Å². The van der Waals surface area contributed by atoms with E-state index in [-0.39, 0.29) is 11.6 Å². The van der Waals surface area contributed by atoms with Crippen LogP contribution in [-0.4, -0.2) is 37.2 Å². The molecule has 0 unspecified atom stereocenters. The molecule has 0 aliphatic heterocycles. The van der Waals surface area contributed by atoms with E-state index in [0.717, 1.165) is 5.56 Å². The minimum absolute atomic E-state index is 0.248. The number of anilines is 2. The van der Waals surface area contributed by atoms with Crippen LogP contribution in [0.4, 0.5) is 11.6 Å². The number of methoxy groups -OCH3 is 3. The van der Waals surface area contributed by atoms with E-state index in [9.17, 15) is 4.79 Å². The zero-order valence-corrected chi connectivity index (χ0v) is 16.4. The standard InChI is InChI=1S/C21H22N4O4/c1-27-16-6-4-5-15(12-16)24-20(26)17-9-10-22-21(25-17)23-13-14-7-8-18(28-2)19(11-14)29-3/h4-12H,13H2,1-3H3,(H,24,26)(H,22,23,25). The van der Waals surface area contributed by atoms with Crippen molar-refractivity contribution >= 4 is 17.5 Å². The fraction of sp³-hybridized carbons (Fsp3) is 0.190. The molecule has 0 aliphatic carbocycles. The Morgan fingerprint density at radius 1 is 0.966 bits per heavy atom. The highest BCUT2D eigenvalue weighted by atomic mass is 16.5. The number of carbonyl (C=O) groups excluding carboxylic acids is 1. The van der Waals surface area contributed by atoms with Gasteiger partial charge in [0.15, 0.2) is 11.5 Å². The Morgan fingerprint density at radius 3 is 2.55 bits per heavy atom. The molecule has 0 radical (unpaired) electrons. The topological polar surface area (TPSA) is 94.6 Å². The lowest BCUT2D eigenvalue weighted by Gasteiger charge is -2.11. The van der Waals surface area contributed by atoms with Crippen molar-refractivity contribution in [3.63, 3.8) is 0 Å². The molecule has 0 aliphatic rings. The van der Waals surface area contributed by atoms with Crippen LogP contribution >= 0.6 is 0 Å². The number of nitrogens with zero attached hydrogens (tertiary/aromatic N) is 2. The molecule has 2 aromatic carbocycles. The third kappa shape index (κ3) is 5.13. The average Bonchev–Trinajstić information content (AvgIpc) is 2.77. The quantitative estimate of drug-likeness (QED) is 0.605. The molecule has 0 saturated heterocycles. The lowest BCUT2D eigenvalue weighted by atomic mass is 10.2. The molecular weight excluding hydrogens is 372 g/mol. The highest BCUT2D eigenvalue weighted by molar-refractivity contribution is 6.03. The van der Waals surface area contributed by atoms with Crippen LogP contribution in [0.2, 0.25) is 0 Å². The number of benzene rings is 2. The van der Waals surface area contributed by atoms with Crippen molar-refractivity contribution in [2.45, 2.75) is 6.54 Å². The largest absolute Gasteiger partial charge is 0.497 e. The number of hydrogen-bond acceptors (Lipinski definition) is 7. The molecular formula is C21H22N4O4. The van der Waals surface area contributed by atoms with Gasteiger partial charge in [-0.3, -0.25) is 4.79 Å². The molecule has 8 nitrogen and oxygen atoms in total. The van der Waals surface area contributed by atoms with Crippen LogP contribution in [0.1, 0.15) is 16.1 Å². The SMILES string of the molecule is COc1cccc(NC(=O)c2ccnc(NCc3ccc(OC)c(OC)c3)n2)c1. The van der Waals surface area contributed by atoms with Crippen LogP contribution in [-0.2, 0) is 6.54 Å². The number of rotatable bonds is 8. The van der Waals surface area contributed by atoms with E-state index in [4.69, 9.17) is 14.2 Å². The lowest BCUT2D eigenvalue weighted by molar-refractivity contribution is 0.102. The first-order chi connectivity index (χ1) is 14.1. The van der Waals surface area contributed by atoms with Crippen LogP contribution in [0, 0.1) is 0 Å². The van der Waals surface area contributed by atoms with Gasteiger partial charge in [0, 0.05) is 24.5 Å². The summed E-state index contributed by atoms with van der Waals surface area (Å²) in [5.74, 6) is 1.96. The Morgan fingerprint density at radius 2 is 1.79 bits per heavy atom. The first-order valence-corrected chi connectivity index (χ1v) is 8.86. The normalized spacial score (nSPS) is 10.2. The number of nitrogens with one attached hydrogen (secondary N) is 2. The van der Waals surface area contributed by atoms with Gasteiger partial charge in [-0.15, -0.1) is 0 Å². The molecule has 1 heterocycles. The summed E-state index contributed by atoms with van der Waals surface area (Å²) in [5.41, 5.74) is 1.82. The predicted octanol–water partition coefficient (Wildman–Crippen LogP) is 3.37. The number of carbonyl (C=O) groups is 1. The van der Waals surface area contributed by atoms with Gasteiger partial charge in [0.05, 0.1) is 21.3 Å². The number of hydrogen-bond donors (Lipinski definition) is 2. The summed E-state index contributed by atoms with van der Waals surface area (Å²) in [4.78, 5) is 20.9. The lowest BCUT2D eigenvalue weighted by Crippen LogP contribution is -2.15. The van der Waals surface area contributed by atoms with E-state index < -0.39 is 0 Å². The van der Waals surface area contributed by atoms with E-state index in [0.29, 0.717) is 35.4 Å². The fourth-order valence-electron chi connectivity index (χ4n) is 2.64. The molecule has 0 saturated carbocycles. The van der Waals surface area contributed by atoms with Gasteiger partial charge in [-0.05, 0) is 35.9 Å². The minimum atomic E-state index is -0.338. The van der Waals surface area contributed by atoms with Crippen molar-refractivity contribution in [2.24, 2.45) is 0 Å². The van der Waals surface area contributed by atoms with Crippen LogP contribution < -0.4 is 24.8 Å². The van der Waals surface area contributed by atoms with Gasteiger partial charge in [-0.1, -0.05) is 12.1 Å². The van der Waals surface area contributed by atoms with Crippen molar-refractivity contribution in [3.8, 4) is 17.2 Å². The van der Waals surface area contributed by atoms with E-state index in [1.165, 1.54) is 6.20 Å². The summed E-state index contributed by atoms with van der Waals surface area (Å²) in [7, 11) is 4.75. The van der Waals surface area contributed by atoms with Gasteiger partial charge in [-0.2, -0.15) is 0 Å². The van der Waals surface area contributed by atoms with E-state index >= 15 is 0 Å². The first kappa shape index (κ1) is 19.9. The second-order valence-electron chi connectivity index (χ2n) is 5.99. The second-order valence-corrected chi connectivity index (χ2v) is 5.99. The summed E-state index contributed by atoms with van der Waals surface area (Å²) in [6, 6.07) is 14.3. The van der Waals surface area contributed by atoms with Crippen molar-refractivity contribution in [1.29, 1.82) is 0 Å². The Labute approximate surface area is 168 Å². The zero-order valence-electron chi connectivity index (χ0n) is 16.4. The van der Waals surface area contributed by atoms with E-state index in [1.54, 1.807) is 51.7 Å². The maximum Gasteiger partial charge on any atom is 0.274 e. The van der Waals surface area contributed by atoms with E-state index in [2.05, 4.69) is 20.6 Å². The molecule has 3 aromatic rings. The third-order valence-corrected chi connectivity index (χ3v) is 4.11. The minimum Gasteiger partial charge on any atom is -0.497 e. The Balaban J connectivity index is 1.67. The molecule has 0 bridgehead atoms. The van der Waals surface area contributed by atoms with Crippen LogP contribution in [0.15, 0.2) is 54.7 Å². The smallest absolute Gasteiger partial charge is 0.274 e. The van der Waals surface area contributed by atoms with Crippen molar-refractivity contribution in [3.05, 3.63) is 66.0 Å². The van der Waals surface area contributed by atoms with E-state index in [1.807, 2.05) is 18.2 Å². The Bertz CT molecular complexity index is 994. The van der Waals surface area contributed by atoms with Crippen LogP contribution in [0.3, 0.4) is 0 Å². The van der Waals surface area contributed by atoms with Gasteiger partial charge in [0.2, 0.25) is 5.95 Å². The summed E-state index contributed by atoms with van der Waals surface area (Å²) in [5, 5.41) is 5.90. The van der Waals surface area contributed by atoms with Gasteiger partial charge in [0.25, 0.3) is 5.91 Å². The summed E-state index contributed by atoms with van der Waals surface area (Å²) in [6.45, 7) is 0.460. The van der Waals surface area contributed by atoms with Crippen molar-refractivity contribution in [1.82, 2.24) is 9.97 Å². The molecule has 29 heavy (non-hydrogen) atoms. The van der Waals surface area contributed by atoms with Gasteiger partial charge in [0.1, 0.15) is 11.4 Å². The number of amides is 1. The predicted molar refractivity (Wildman–Crippen MR) is 110 cm³/mol. The Kier molecular flexibility index (Phi) is 6.47. The first-order valence-electron chi connectivity index (χ1n) is 8.86. The highest BCUT2D eigenvalue weighted by Gasteiger charge is 2.10. The monoisotopic (exact) mass is 394 g/mol. The molecule has 150 valence electrons. The van der Waals surface area contributed by atoms with Crippen LogP contribution in [0.25, 0.3) is 0 Å². The van der Waals surface area contributed by atoms with Crippen LogP contribution in [0.5, 0.6) is 17.2 Å². The van der Waals surface area contributed by atoms with Gasteiger partial charge < -0.3 is 24.8 Å². The number of aromatic nitrogens is 2. The number of ether oxygens (including phenoxy) is 3. The molecule has 0 fully saturated rings. The maximum atomic E-state index is 12.5.